The first-order valence-electron chi connectivity index (χ1n) is 9.04. The Morgan fingerprint density at radius 1 is 1.21 bits per heavy atom. The van der Waals surface area contributed by atoms with E-state index < -0.39 is 6.61 Å². The van der Waals surface area contributed by atoms with Crippen LogP contribution >= 0.6 is 0 Å². The van der Waals surface area contributed by atoms with E-state index in [1.807, 2.05) is 6.92 Å². The number of hydrogen-bond acceptors (Lipinski definition) is 6. The first-order valence-corrected chi connectivity index (χ1v) is 9.04. The van der Waals surface area contributed by atoms with Crippen LogP contribution in [-0.4, -0.2) is 29.0 Å². The van der Waals surface area contributed by atoms with Gasteiger partial charge in [-0.05, 0) is 38.1 Å². The summed E-state index contributed by atoms with van der Waals surface area (Å²) in [6.45, 7) is 1.22. The Morgan fingerprint density at radius 2 is 2.00 bits per heavy atom. The minimum atomic E-state index is -3.01. The van der Waals surface area contributed by atoms with Gasteiger partial charge in [0.05, 0.1) is 23.7 Å². The molecule has 1 N–H and O–H groups in total. The lowest BCUT2D eigenvalue weighted by Gasteiger charge is -2.13. The molecule has 2 aromatic carbocycles. The Balaban J connectivity index is 1.94. The zero-order valence-corrected chi connectivity index (χ0v) is 15.9. The third-order valence-corrected chi connectivity index (χ3v) is 4.06. The van der Waals surface area contributed by atoms with Crippen molar-refractivity contribution >= 4 is 23.1 Å². The predicted octanol–water partition coefficient (Wildman–Crippen LogP) is 3.86. The van der Waals surface area contributed by atoms with Crippen LogP contribution in [0.25, 0.3) is 10.9 Å². The van der Waals surface area contributed by atoms with Gasteiger partial charge in [0, 0.05) is 12.1 Å². The summed E-state index contributed by atoms with van der Waals surface area (Å²) in [5, 5.41) is 4.56. The first-order chi connectivity index (χ1) is 14.0. The molecule has 0 amide bonds. The van der Waals surface area contributed by atoms with Crippen LogP contribution in [0.5, 0.6) is 11.5 Å². The number of ether oxygens (including phenoxy) is 2. The van der Waals surface area contributed by atoms with Crippen molar-refractivity contribution in [1.29, 1.82) is 0 Å². The quantitative estimate of drug-likeness (QED) is 0.457. The summed E-state index contributed by atoms with van der Waals surface area (Å²) in [5.74, 6) is 0.310. The maximum Gasteiger partial charge on any atom is 0.387 e. The van der Waals surface area contributed by atoms with Gasteiger partial charge in [-0.2, -0.15) is 13.9 Å². The van der Waals surface area contributed by atoms with Crippen molar-refractivity contribution in [3.8, 4) is 11.5 Å². The van der Waals surface area contributed by atoms with Crippen molar-refractivity contribution < 1.29 is 18.3 Å². The Labute approximate surface area is 165 Å². The number of nitrogens with zero attached hydrogens (tertiary/aromatic N) is 3. The highest BCUT2D eigenvalue weighted by molar-refractivity contribution is 5.85. The lowest BCUT2D eigenvalue weighted by molar-refractivity contribution is -0.0515. The molecule has 0 fully saturated rings. The van der Waals surface area contributed by atoms with E-state index in [4.69, 9.17) is 4.74 Å². The number of para-hydroxylation sites is 2. The summed E-state index contributed by atoms with van der Waals surface area (Å²) in [6.07, 6.45) is 1.31. The second kappa shape index (κ2) is 9.13. The second-order valence-electron chi connectivity index (χ2n) is 5.86. The average Bonchev–Trinajstić information content (AvgIpc) is 2.70. The van der Waals surface area contributed by atoms with E-state index in [1.54, 1.807) is 43.3 Å². The van der Waals surface area contributed by atoms with Crippen LogP contribution in [0.3, 0.4) is 0 Å². The number of anilines is 1. The fraction of sp³-hybridized carbons (Fsp3) is 0.250. The number of aromatic nitrogens is 2. The van der Waals surface area contributed by atoms with E-state index in [0.717, 1.165) is 0 Å². The Kier molecular flexibility index (Phi) is 6.38. The molecule has 0 atom stereocenters. The molecule has 0 spiro atoms. The van der Waals surface area contributed by atoms with Crippen LogP contribution in [-0.2, 0) is 6.54 Å². The third-order valence-electron chi connectivity index (χ3n) is 4.06. The number of alkyl halides is 2. The number of hydrogen-bond donors (Lipinski definition) is 1. The third kappa shape index (κ3) is 4.50. The zero-order chi connectivity index (χ0) is 20.8. The molecule has 1 aromatic heterocycles. The zero-order valence-electron chi connectivity index (χ0n) is 15.9. The summed E-state index contributed by atoms with van der Waals surface area (Å²) < 4.78 is 37.0. The van der Waals surface area contributed by atoms with Gasteiger partial charge in [0.2, 0.25) is 5.95 Å². The largest absolute Gasteiger partial charge is 0.490 e. The molecule has 7 nitrogen and oxygen atoms in total. The number of halogens is 2. The number of hydrazone groups is 1. The van der Waals surface area contributed by atoms with Gasteiger partial charge in [-0.1, -0.05) is 18.2 Å². The second-order valence-corrected chi connectivity index (χ2v) is 5.86. The van der Waals surface area contributed by atoms with Crippen molar-refractivity contribution in [1.82, 2.24) is 9.55 Å². The molecule has 1 heterocycles. The average molecular weight is 402 g/mol. The molecule has 0 aliphatic heterocycles. The van der Waals surface area contributed by atoms with E-state index in [2.05, 4.69) is 20.2 Å². The van der Waals surface area contributed by atoms with Gasteiger partial charge in [-0.25, -0.2) is 10.4 Å². The molecule has 0 aliphatic rings. The summed E-state index contributed by atoms with van der Waals surface area (Å²) in [5.41, 5.74) is 3.33. The minimum Gasteiger partial charge on any atom is -0.490 e. The van der Waals surface area contributed by atoms with Gasteiger partial charge in [-0.3, -0.25) is 9.36 Å². The number of nitrogens with one attached hydrogen (secondary N) is 1. The maximum absolute atomic E-state index is 12.8. The van der Waals surface area contributed by atoms with Gasteiger partial charge in [0.25, 0.3) is 5.56 Å². The van der Waals surface area contributed by atoms with E-state index in [-0.39, 0.29) is 28.6 Å². The lowest BCUT2D eigenvalue weighted by atomic mass is 10.2. The SMILES string of the molecule is CCOc1cccc(/C=N\Nc2nc3ccccc3c(=O)n2CC)c1OC(F)F. The highest BCUT2D eigenvalue weighted by Gasteiger charge is 2.15. The molecule has 0 saturated carbocycles. The number of benzene rings is 2. The molecule has 29 heavy (non-hydrogen) atoms. The summed E-state index contributed by atoms with van der Waals surface area (Å²) in [6, 6.07) is 11.7. The molecule has 152 valence electrons. The summed E-state index contributed by atoms with van der Waals surface area (Å²) in [7, 11) is 0. The van der Waals surface area contributed by atoms with Crippen LogP contribution in [0.15, 0.2) is 52.4 Å². The topological polar surface area (TPSA) is 77.7 Å². The molecular formula is C20H20F2N4O3. The van der Waals surface area contributed by atoms with Gasteiger partial charge in [-0.15, -0.1) is 0 Å². The highest BCUT2D eigenvalue weighted by Crippen LogP contribution is 2.31. The fourth-order valence-electron chi connectivity index (χ4n) is 2.83. The van der Waals surface area contributed by atoms with Crippen molar-refractivity contribution in [3.63, 3.8) is 0 Å². The molecule has 3 aromatic rings. The molecule has 3 rings (SSSR count). The molecular weight excluding hydrogens is 382 g/mol. The molecule has 9 heteroatoms. The van der Waals surface area contributed by atoms with E-state index in [0.29, 0.717) is 24.1 Å². The highest BCUT2D eigenvalue weighted by atomic mass is 19.3. The van der Waals surface area contributed by atoms with Crippen molar-refractivity contribution in [2.24, 2.45) is 5.10 Å². The number of rotatable bonds is 8. The van der Waals surface area contributed by atoms with Crippen LogP contribution in [0, 0.1) is 0 Å². The lowest BCUT2D eigenvalue weighted by Crippen LogP contribution is -2.23. The van der Waals surface area contributed by atoms with Crippen LogP contribution in [0.1, 0.15) is 19.4 Å². The molecule has 0 saturated heterocycles. The fourth-order valence-corrected chi connectivity index (χ4v) is 2.83. The Hall–Kier alpha value is -3.49. The van der Waals surface area contributed by atoms with E-state index in [9.17, 15) is 13.6 Å². The van der Waals surface area contributed by atoms with Crippen molar-refractivity contribution in [2.45, 2.75) is 27.0 Å². The molecule has 0 bridgehead atoms. The van der Waals surface area contributed by atoms with Crippen molar-refractivity contribution in [2.75, 3.05) is 12.0 Å². The monoisotopic (exact) mass is 402 g/mol. The normalized spacial score (nSPS) is 11.3. The number of fused-ring (bicyclic) bond motifs is 1. The molecule has 0 aliphatic carbocycles. The summed E-state index contributed by atoms with van der Waals surface area (Å²) >= 11 is 0. The summed E-state index contributed by atoms with van der Waals surface area (Å²) in [4.78, 5) is 17.0. The Bertz CT molecular complexity index is 1080. The Morgan fingerprint density at radius 3 is 2.72 bits per heavy atom. The first kappa shape index (κ1) is 20.2. The molecule has 0 radical (unpaired) electrons. The van der Waals surface area contributed by atoms with Gasteiger partial charge < -0.3 is 9.47 Å². The minimum absolute atomic E-state index is 0.116. The predicted molar refractivity (Wildman–Crippen MR) is 107 cm³/mol. The smallest absolute Gasteiger partial charge is 0.387 e. The van der Waals surface area contributed by atoms with Crippen LogP contribution in [0.2, 0.25) is 0 Å². The standard InChI is InChI=1S/C20H20F2N4O3/c1-3-26-18(27)14-9-5-6-10-15(14)24-20(26)25-23-12-13-8-7-11-16(28-4-2)17(13)29-19(21)22/h5-12,19H,3-4H2,1-2H3,(H,24,25)/b23-12-. The van der Waals surface area contributed by atoms with Gasteiger partial charge in [0.1, 0.15) is 0 Å². The van der Waals surface area contributed by atoms with E-state index in [1.165, 1.54) is 16.8 Å². The van der Waals surface area contributed by atoms with E-state index >= 15 is 0 Å². The van der Waals surface area contributed by atoms with Crippen LogP contribution in [0.4, 0.5) is 14.7 Å². The van der Waals surface area contributed by atoms with Gasteiger partial charge >= 0.3 is 6.61 Å². The van der Waals surface area contributed by atoms with Crippen LogP contribution < -0.4 is 20.5 Å². The van der Waals surface area contributed by atoms with Gasteiger partial charge in [0.15, 0.2) is 11.5 Å². The maximum atomic E-state index is 12.8. The molecule has 0 unspecified atom stereocenters. The van der Waals surface area contributed by atoms with Crippen molar-refractivity contribution in [3.05, 3.63) is 58.4 Å².